The summed E-state index contributed by atoms with van der Waals surface area (Å²) in [7, 11) is 10.4. The van der Waals surface area contributed by atoms with E-state index in [2.05, 4.69) is 0 Å². The van der Waals surface area contributed by atoms with Crippen LogP contribution in [0.25, 0.3) is 0 Å². The molecule has 16 rings (SSSR count). The Hall–Kier alpha value is -15.5. The van der Waals surface area contributed by atoms with Crippen LogP contribution in [-0.2, 0) is 46.2 Å². The highest BCUT2D eigenvalue weighted by Gasteiger charge is 2.37. The number of fused-ring (bicyclic) bond motifs is 4. The lowest BCUT2D eigenvalue weighted by molar-refractivity contribution is 0.0975. The van der Waals surface area contributed by atoms with Gasteiger partial charge in [0.15, 0.2) is 109 Å². The molecule has 0 unspecified atom stereocenters. The van der Waals surface area contributed by atoms with Gasteiger partial charge < -0.3 is 66.3 Å². The molecule has 23 heteroatoms. The minimum absolute atomic E-state index is 0.146. The SMILES string of the molecule is COc1cc(C(=O)Cl)ccc1OCc1ccccc1.COc1cc(C(=O)c2cc(C(=O)Cl)c(C)c(OC)c2OCc2ccccc2)ccc1OCc1ccccc1.COc1cc2c(cc1OCc1ccccc1)C(=O)c1cc(OC)c(OCc3ccccc3)cc1C2=O.COc1cc2c(cc1OCc1ccccc1)C(=O)c1ccc(OCc3ccccc3)c(OC)c1C2=O. The summed E-state index contributed by atoms with van der Waals surface area (Å²) in [4.78, 5) is 91.2. The Labute approximate surface area is 756 Å². The molecule has 0 saturated carbocycles. The van der Waals surface area contributed by atoms with Crippen molar-refractivity contribution in [2.45, 2.75) is 53.2 Å². The lowest BCUT2D eigenvalue weighted by Gasteiger charge is -2.23. The molecule has 2 aliphatic rings. The highest BCUT2D eigenvalue weighted by atomic mass is 35.5. The Balaban J connectivity index is 0.000000150. The van der Waals surface area contributed by atoms with Crippen molar-refractivity contribution in [2.24, 2.45) is 0 Å². The van der Waals surface area contributed by atoms with Crippen LogP contribution in [0.5, 0.6) is 80.5 Å². The van der Waals surface area contributed by atoms with Crippen LogP contribution in [0.1, 0.15) is 145 Å². The Kier molecular flexibility index (Phi) is 31.1. The van der Waals surface area contributed by atoms with Crippen LogP contribution in [0.15, 0.2) is 303 Å². The van der Waals surface area contributed by atoms with Crippen LogP contribution in [0.4, 0.5) is 0 Å². The summed E-state index contributed by atoms with van der Waals surface area (Å²) in [6.45, 7) is 3.86. The third-order valence-corrected chi connectivity index (χ3v) is 21.2. The molecule has 0 amide bonds. The number of ketones is 5. The second-order valence-electron chi connectivity index (χ2n) is 29.0. The van der Waals surface area contributed by atoms with Crippen LogP contribution >= 0.6 is 23.2 Å². The number of benzene rings is 14. The van der Waals surface area contributed by atoms with Crippen molar-refractivity contribution in [1.29, 1.82) is 0 Å². The van der Waals surface area contributed by atoms with Gasteiger partial charge in [-0.3, -0.25) is 33.6 Å². The Morgan fingerprint density at radius 1 is 0.233 bits per heavy atom. The zero-order valence-corrected chi connectivity index (χ0v) is 73.2. The highest BCUT2D eigenvalue weighted by molar-refractivity contribution is 6.68. The van der Waals surface area contributed by atoms with Gasteiger partial charge >= 0.3 is 0 Å². The molecule has 0 heterocycles. The van der Waals surface area contributed by atoms with Crippen LogP contribution < -0.4 is 66.3 Å². The Morgan fingerprint density at radius 3 is 0.822 bits per heavy atom. The summed E-state index contributed by atoms with van der Waals surface area (Å²) in [5, 5.41) is -1.22. The van der Waals surface area contributed by atoms with Crippen molar-refractivity contribution in [3.63, 3.8) is 0 Å². The largest absolute Gasteiger partial charge is 0.493 e. The van der Waals surface area contributed by atoms with Gasteiger partial charge in [0, 0.05) is 61.2 Å². The smallest absolute Gasteiger partial charge is 0.252 e. The number of carbonyl (C=O) groups is 7. The van der Waals surface area contributed by atoms with E-state index in [-0.39, 0.29) is 103 Å². The van der Waals surface area contributed by atoms with Gasteiger partial charge in [-0.25, -0.2) is 0 Å². The van der Waals surface area contributed by atoms with E-state index in [4.69, 9.17) is 89.5 Å². The quantitative estimate of drug-likeness (QED) is 0.0281. The number of rotatable bonds is 32. The first kappa shape index (κ1) is 91.3. The number of halogens is 2. The Bertz CT molecular complexity index is 6090. The zero-order chi connectivity index (χ0) is 90.9. The van der Waals surface area contributed by atoms with E-state index in [1.807, 2.05) is 212 Å². The lowest BCUT2D eigenvalue weighted by atomic mass is 9.83. The maximum atomic E-state index is 13.8. The highest BCUT2D eigenvalue weighted by Crippen LogP contribution is 2.46. The first-order valence-corrected chi connectivity index (χ1v) is 41.3. The molecule has 0 aliphatic heterocycles. The molecule has 2 aliphatic carbocycles. The van der Waals surface area contributed by atoms with Gasteiger partial charge in [0.1, 0.15) is 46.2 Å². The van der Waals surface area contributed by atoms with Gasteiger partial charge in [-0.05, 0) is 160 Å². The second-order valence-corrected chi connectivity index (χ2v) is 29.7. The van der Waals surface area contributed by atoms with E-state index >= 15 is 0 Å². The van der Waals surface area contributed by atoms with Gasteiger partial charge in [0.2, 0.25) is 0 Å². The zero-order valence-electron chi connectivity index (χ0n) is 71.6. The molecule has 0 aromatic heterocycles. The molecular formula is C106H88Cl2O21. The van der Waals surface area contributed by atoms with E-state index in [1.54, 1.807) is 91.9 Å². The average molecular weight is 1770 g/mol. The topological polar surface area (TPSA) is 249 Å². The van der Waals surface area contributed by atoms with Crippen molar-refractivity contribution in [3.8, 4) is 80.5 Å². The molecule has 0 saturated heterocycles. The Morgan fingerprint density at radius 2 is 0.504 bits per heavy atom. The predicted octanol–water partition coefficient (Wildman–Crippen LogP) is 21.7. The molecule has 0 radical (unpaired) electrons. The van der Waals surface area contributed by atoms with E-state index in [0.717, 1.165) is 38.9 Å². The fourth-order valence-corrected chi connectivity index (χ4v) is 14.4. The minimum atomic E-state index is -0.702. The van der Waals surface area contributed by atoms with Gasteiger partial charge in [-0.15, -0.1) is 0 Å². The van der Waals surface area contributed by atoms with Crippen molar-refractivity contribution < 1.29 is 99.9 Å². The van der Waals surface area contributed by atoms with Gasteiger partial charge in [-0.2, -0.15) is 0 Å². The standard InChI is InChI=1S/C31H27ClO6.2C30H24O6.C15H13ClO3/c1-20-24(31(32)34)17-25(30(29(20)36-3)38-19-22-12-8-5-9-13-22)28(33)23-14-15-26(27(16-23)35-2)37-18-21-10-6-4-7-11-21;1-33-25-13-21-23(15-27(25)35-17-19-9-5-3-6-10-19)30(32)22-14-26(34-2)28(16-24(22)29(21)31)36-18-20-11-7-4-8-12-20;1-33-25-15-23-22(16-26(25)36-18-20-11-7-4-8-12-20)28(31)21-13-14-24(30(34-2)27(21)29(23)32)35-17-19-9-5-3-6-10-19;1-18-14-9-12(15(16)17)7-8-13(14)19-10-11-5-3-2-4-6-11/h4-17H,18-19H2,1-3H3;2*3-16H,17-18H2,1-2H3;2-9H,10H2,1H3. The van der Waals surface area contributed by atoms with Crippen molar-refractivity contribution in [1.82, 2.24) is 0 Å². The summed E-state index contributed by atoms with van der Waals surface area (Å²) >= 11 is 11.3. The fraction of sp³-hybridized carbons (Fsp3) is 0.142. The first-order chi connectivity index (χ1) is 62.8. The summed E-state index contributed by atoms with van der Waals surface area (Å²) in [5.41, 5.74) is 10.3. The maximum Gasteiger partial charge on any atom is 0.252 e. The number of hydrogen-bond acceptors (Lipinski definition) is 21. The molecule has 0 fully saturated rings. The molecule has 0 N–H and O–H groups in total. The van der Waals surface area contributed by atoms with Crippen LogP contribution in [0, 0.1) is 6.92 Å². The van der Waals surface area contributed by atoms with E-state index in [9.17, 15) is 33.6 Å². The lowest BCUT2D eigenvalue weighted by Crippen LogP contribution is -2.22. The van der Waals surface area contributed by atoms with Crippen molar-refractivity contribution >= 4 is 62.6 Å². The van der Waals surface area contributed by atoms with E-state index in [1.165, 1.54) is 55.8 Å². The summed E-state index contributed by atoms with van der Waals surface area (Å²) in [5.74, 6) is 3.75. The molecule has 0 spiro atoms. The summed E-state index contributed by atoms with van der Waals surface area (Å²) in [6, 6.07) is 91.6. The molecule has 14 aromatic rings. The van der Waals surface area contributed by atoms with Gasteiger partial charge in [-0.1, -0.05) is 212 Å². The third-order valence-electron chi connectivity index (χ3n) is 20.8. The third kappa shape index (κ3) is 22.3. The average Bonchev–Trinajstić information content (AvgIpc) is 0.736. The molecule has 0 atom stereocenters. The molecule has 129 heavy (non-hydrogen) atoms. The van der Waals surface area contributed by atoms with Crippen LogP contribution in [0.2, 0.25) is 0 Å². The predicted molar refractivity (Wildman–Crippen MR) is 489 cm³/mol. The number of ether oxygens (including phenoxy) is 14. The van der Waals surface area contributed by atoms with Gasteiger partial charge in [0.05, 0.1) is 60.9 Å². The summed E-state index contributed by atoms with van der Waals surface area (Å²) < 4.78 is 79.9. The number of carbonyl (C=O) groups excluding carboxylic acids is 7. The normalized spacial score (nSPS) is 11.2. The van der Waals surface area contributed by atoms with E-state index in [0.29, 0.717) is 120 Å². The molecular weight excluding hydrogens is 1680 g/mol. The van der Waals surface area contributed by atoms with E-state index < -0.39 is 16.3 Å². The number of hydrogen-bond donors (Lipinski definition) is 0. The second kappa shape index (κ2) is 43.9. The van der Waals surface area contributed by atoms with Crippen molar-refractivity contribution in [2.75, 3.05) is 49.8 Å². The monoisotopic (exact) mass is 1770 g/mol. The molecule has 14 aromatic carbocycles. The summed E-state index contributed by atoms with van der Waals surface area (Å²) in [6.07, 6.45) is 0. The van der Waals surface area contributed by atoms with Crippen molar-refractivity contribution in [3.05, 3.63) is 415 Å². The minimum Gasteiger partial charge on any atom is -0.493 e. The number of methoxy groups -OCH3 is 7. The fourth-order valence-electron chi connectivity index (χ4n) is 14.1. The molecule has 21 nitrogen and oxygen atoms in total. The molecule has 652 valence electrons. The van der Waals surface area contributed by atoms with Crippen LogP contribution in [-0.4, -0.2) is 89.2 Å². The van der Waals surface area contributed by atoms with Crippen LogP contribution in [0.3, 0.4) is 0 Å². The first-order valence-electron chi connectivity index (χ1n) is 40.6. The maximum absolute atomic E-state index is 13.8. The van der Waals surface area contributed by atoms with Gasteiger partial charge in [0.25, 0.3) is 10.5 Å². The molecule has 0 bridgehead atoms.